The second-order valence-electron chi connectivity index (χ2n) is 13.5. The Morgan fingerprint density at radius 2 is 1.68 bits per heavy atom. The van der Waals surface area contributed by atoms with Crippen LogP contribution >= 0.6 is 0 Å². The van der Waals surface area contributed by atoms with Gasteiger partial charge in [0.25, 0.3) is 0 Å². The van der Waals surface area contributed by atoms with Gasteiger partial charge in [0.05, 0.1) is 6.10 Å². The van der Waals surface area contributed by atoms with Crippen LogP contribution in [0.1, 0.15) is 93.9 Å². The fourth-order valence-electron chi connectivity index (χ4n) is 6.99. The second kappa shape index (κ2) is 11.0. The first-order valence-electron chi connectivity index (χ1n) is 14.1. The summed E-state index contributed by atoms with van der Waals surface area (Å²) in [6.45, 7) is 28.7. The Morgan fingerprint density at radius 1 is 1.09 bits per heavy atom. The van der Waals surface area contributed by atoms with E-state index < -0.39 is 16.6 Å². The summed E-state index contributed by atoms with van der Waals surface area (Å²) in [7, 11) is -3.47. The number of carbonyl (C=O) groups is 1. The predicted molar refractivity (Wildman–Crippen MR) is 151 cm³/mol. The fraction of sp³-hybridized carbons (Fsp3) is 0.897. The minimum Gasteiger partial charge on any atom is -0.417 e. The third-order valence-electron chi connectivity index (χ3n) is 10.8. The molecule has 2 aliphatic carbocycles. The smallest absolute Gasteiger partial charge is 0.192 e. The van der Waals surface area contributed by atoms with Gasteiger partial charge in [-0.15, -0.1) is 0 Å². The summed E-state index contributed by atoms with van der Waals surface area (Å²) in [4.78, 5) is 12.3. The number of allylic oxidation sites excluding steroid dienone is 1. The molecule has 3 nitrogen and oxygen atoms in total. The molecule has 2 saturated carbocycles. The Kier molecular flexibility index (Phi) is 9.72. The van der Waals surface area contributed by atoms with E-state index in [9.17, 15) is 4.79 Å². The molecule has 0 aromatic rings. The monoisotopic (exact) mass is 508 g/mol. The molecule has 5 atom stereocenters. The number of rotatable bonds is 11. The van der Waals surface area contributed by atoms with E-state index in [-0.39, 0.29) is 21.8 Å². The van der Waals surface area contributed by atoms with E-state index in [0.29, 0.717) is 12.0 Å². The lowest BCUT2D eigenvalue weighted by atomic mass is 9.46. The highest BCUT2D eigenvalue weighted by molar-refractivity contribution is 6.74. The molecule has 198 valence electrons. The zero-order valence-corrected chi connectivity index (χ0v) is 26.3. The molecule has 0 aromatic heterocycles. The minimum atomic E-state index is -1.75. The van der Waals surface area contributed by atoms with Gasteiger partial charge in [0.15, 0.2) is 16.6 Å². The number of aldehydes is 1. The van der Waals surface area contributed by atoms with Gasteiger partial charge in [-0.3, -0.25) is 0 Å². The van der Waals surface area contributed by atoms with Gasteiger partial charge in [0, 0.05) is 12.5 Å². The van der Waals surface area contributed by atoms with Crippen molar-refractivity contribution in [3.8, 4) is 0 Å². The van der Waals surface area contributed by atoms with Crippen molar-refractivity contribution in [1.29, 1.82) is 0 Å². The van der Waals surface area contributed by atoms with Crippen molar-refractivity contribution in [3.05, 3.63) is 12.2 Å². The van der Waals surface area contributed by atoms with Crippen LogP contribution in [-0.2, 0) is 13.6 Å². The fourth-order valence-corrected chi connectivity index (χ4v) is 11.1. The topological polar surface area (TPSA) is 35.5 Å². The van der Waals surface area contributed by atoms with E-state index in [4.69, 9.17) is 8.85 Å². The van der Waals surface area contributed by atoms with Crippen molar-refractivity contribution in [2.45, 2.75) is 136 Å². The Balaban J connectivity index is 2.33. The van der Waals surface area contributed by atoms with Gasteiger partial charge < -0.3 is 13.6 Å². The number of hydrogen-bond acceptors (Lipinski definition) is 3. The molecule has 5 heteroatoms. The van der Waals surface area contributed by atoms with Crippen LogP contribution in [0.25, 0.3) is 0 Å². The maximum absolute atomic E-state index is 12.3. The highest BCUT2D eigenvalue weighted by atomic mass is 28.4. The first kappa shape index (κ1) is 30.0. The van der Waals surface area contributed by atoms with Crippen LogP contribution in [0.2, 0.25) is 36.3 Å². The van der Waals surface area contributed by atoms with E-state index in [1.54, 1.807) is 0 Å². The molecular formula is C29H56O3Si2. The third kappa shape index (κ3) is 5.68. The van der Waals surface area contributed by atoms with Crippen LogP contribution in [0.4, 0.5) is 0 Å². The van der Waals surface area contributed by atoms with Crippen LogP contribution < -0.4 is 0 Å². The molecule has 0 amide bonds. The van der Waals surface area contributed by atoms with Gasteiger partial charge in [0.2, 0.25) is 0 Å². The highest BCUT2D eigenvalue weighted by Gasteiger charge is 2.59. The molecule has 34 heavy (non-hydrogen) atoms. The van der Waals surface area contributed by atoms with Crippen molar-refractivity contribution in [2.75, 3.05) is 6.61 Å². The highest BCUT2D eigenvalue weighted by Crippen LogP contribution is 2.63. The lowest BCUT2D eigenvalue weighted by Crippen LogP contribution is -2.59. The SMILES string of the molecule is C=C1CC[C@@H]2[C@](C)(CC[C@@H](O[Si](CC)(CC)CC)[C@@]2(C)CCCO[Si](C)(C)C(C)(C)C)[C@@H]1C=O. The molecule has 2 aliphatic rings. The average molecular weight is 509 g/mol. The van der Waals surface area contributed by atoms with E-state index in [1.807, 2.05) is 0 Å². The third-order valence-corrected chi connectivity index (χ3v) is 20.0. The minimum absolute atomic E-state index is 0.000834. The molecule has 0 aliphatic heterocycles. The molecule has 0 aromatic carbocycles. The molecule has 0 saturated heterocycles. The Labute approximate surface area is 214 Å². The summed E-state index contributed by atoms with van der Waals surface area (Å²) < 4.78 is 13.9. The zero-order chi connectivity index (χ0) is 26.0. The Morgan fingerprint density at radius 3 is 2.18 bits per heavy atom. The molecule has 0 radical (unpaired) electrons. The standard InChI is InChI=1S/C29H56O3Si2/c1-12-34(13-2,14-3)32-26-18-20-28(8)24(22-30)23(4)16-17-25(28)29(26,9)19-15-21-31-33(10,11)27(5,6)7/h22,24-26H,4,12-21H2,1-3,5-11H3/t24-,25-,26-,28-,29+/m1/s1. The van der Waals surface area contributed by atoms with Gasteiger partial charge >= 0.3 is 0 Å². The van der Waals surface area contributed by atoms with E-state index in [0.717, 1.165) is 50.7 Å². The van der Waals surface area contributed by atoms with Gasteiger partial charge in [-0.1, -0.05) is 67.5 Å². The van der Waals surface area contributed by atoms with E-state index in [2.05, 4.69) is 75.1 Å². The van der Waals surface area contributed by atoms with Crippen molar-refractivity contribution >= 4 is 22.9 Å². The van der Waals surface area contributed by atoms with Crippen LogP contribution in [0, 0.1) is 22.7 Å². The number of carbonyl (C=O) groups excluding carboxylic acids is 1. The molecule has 0 bridgehead atoms. The maximum atomic E-state index is 12.3. The van der Waals surface area contributed by atoms with Crippen molar-refractivity contribution in [2.24, 2.45) is 22.7 Å². The lowest BCUT2D eigenvalue weighted by molar-refractivity contribution is -0.142. The first-order chi connectivity index (χ1) is 15.7. The van der Waals surface area contributed by atoms with Gasteiger partial charge in [-0.05, 0) is 91.5 Å². The summed E-state index contributed by atoms with van der Waals surface area (Å²) in [6.07, 6.45) is 7.94. The number of hydrogen-bond donors (Lipinski definition) is 0. The summed E-state index contributed by atoms with van der Waals surface area (Å²) in [6, 6.07) is 3.57. The van der Waals surface area contributed by atoms with Crippen LogP contribution in [0.15, 0.2) is 12.2 Å². The van der Waals surface area contributed by atoms with E-state index in [1.165, 1.54) is 24.4 Å². The summed E-state index contributed by atoms with van der Waals surface area (Å²) in [5.74, 6) is 0.477. The van der Waals surface area contributed by atoms with Gasteiger partial charge in [-0.2, -0.15) is 0 Å². The number of fused-ring (bicyclic) bond motifs is 1. The van der Waals surface area contributed by atoms with E-state index >= 15 is 0 Å². The Bertz CT molecular complexity index is 700. The quantitative estimate of drug-likeness (QED) is 0.121. The normalized spacial score (nSPS) is 33.0. The van der Waals surface area contributed by atoms with Crippen molar-refractivity contribution < 1.29 is 13.6 Å². The lowest BCUT2D eigenvalue weighted by Gasteiger charge is -2.61. The van der Waals surface area contributed by atoms with Gasteiger partial charge in [0.1, 0.15) is 6.29 Å². The predicted octanol–water partition coefficient (Wildman–Crippen LogP) is 8.77. The molecule has 0 N–H and O–H groups in total. The van der Waals surface area contributed by atoms with Crippen molar-refractivity contribution in [3.63, 3.8) is 0 Å². The van der Waals surface area contributed by atoms with Crippen molar-refractivity contribution in [1.82, 2.24) is 0 Å². The van der Waals surface area contributed by atoms with Gasteiger partial charge in [-0.25, -0.2) is 0 Å². The van der Waals surface area contributed by atoms with Crippen LogP contribution in [0.3, 0.4) is 0 Å². The van der Waals surface area contributed by atoms with Crippen LogP contribution in [0.5, 0.6) is 0 Å². The molecular weight excluding hydrogens is 452 g/mol. The molecule has 0 heterocycles. The molecule has 2 rings (SSSR count). The molecule has 0 spiro atoms. The zero-order valence-electron chi connectivity index (χ0n) is 24.3. The first-order valence-corrected chi connectivity index (χ1v) is 19.5. The second-order valence-corrected chi connectivity index (χ2v) is 23.0. The maximum Gasteiger partial charge on any atom is 0.192 e. The molecule has 0 unspecified atom stereocenters. The Hall–Kier alpha value is -0.236. The molecule has 2 fully saturated rings. The summed E-state index contributed by atoms with van der Waals surface area (Å²) >= 11 is 0. The largest absolute Gasteiger partial charge is 0.417 e. The summed E-state index contributed by atoms with van der Waals surface area (Å²) in [5, 5.41) is 0.238. The van der Waals surface area contributed by atoms with Crippen LogP contribution in [-0.4, -0.2) is 35.6 Å². The average Bonchev–Trinajstić information content (AvgIpc) is 2.76. The summed E-state index contributed by atoms with van der Waals surface area (Å²) in [5.41, 5.74) is 1.22.